The molecule has 0 amide bonds. The van der Waals surface area contributed by atoms with Crippen LogP contribution in [0, 0.1) is 11.3 Å². The lowest BCUT2D eigenvalue weighted by atomic mass is 9.66. The van der Waals surface area contributed by atoms with Gasteiger partial charge in [0.2, 0.25) is 0 Å². The van der Waals surface area contributed by atoms with Crippen molar-refractivity contribution in [2.24, 2.45) is 11.3 Å². The van der Waals surface area contributed by atoms with Crippen LogP contribution in [0.5, 0.6) is 0 Å². The van der Waals surface area contributed by atoms with E-state index in [1.54, 1.807) is 0 Å². The standard InChI is InChI=1S/C15H24O4/c16-13(17)3-4-14(11-12-1-2-12)5-7-15(8-6-14)18-9-10-19-15/h12H,1-11H2,(H,16,17). The molecule has 4 heteroatoms. The molecule has 0 aromatic heterocycles. The van der Waals surface area contributed by atoms with Gasteiger partial charge in [0.25, 0.3) is 0 Å². The molecule has 1 spiro atoms. The molecule has 1 heterocycles. The Morgan fingerprint density at radius 3 is 2.26 bits per heavy atom. The first-order valence-electron chi connectivity index (χ1n) is 7.61. The van der Waals surface area contributed by atoms with E-state index in [1.165, 1.54) is 19.3 Å². The first-order valence-corrected chi connectivity index (χ1v) is 7.61. The van der Waals surface area contributed by atoms with E-state index in [2.05, 4.69) is 0 Å². The second-order valence-electron chi connectivity index (χ2n) is 6.65. The predicted octanol–water partition coefficient (Wildman–Crippen LogP) is 2.95. The van der Waals surface area contributed by atoms with Gasteiger partial charge in [0.15, 0.2) is 5.79 Å². The van der Waals surface area contributed by atoms with Crippen LogP contribution in [0.1, 0.15) is 57.8 Å². The molecule has 3 rings (SSSR count). The van der Waals surface area contributed by atoms with E-state index in [1.807, 2.05) is 0 Å². The zero-order valence-corrected chi connectivity index (χ0v) is 11.5. The van der Waals surface area contributed by atoms with Crippen molar-refractivity contribution in [3.8, 4) is 0 Å². The van der Waals surface area contributed by atoms with Gasteiger partial charge in [-0.1, -0.05) is 12.8 Å². The molecule has 19 heavy (non-hydrogen) atoms. The highest BCUT2D eigenvalue weighted by Gasteiger charge is 2.47. The first-order chi connectivity index (χ1) is 9.12. The number of rotatable bonds is 5. The lowest BCUT2D eigenvalue weighted by Gasteiger charge is -2.44. The van der Waals surface area contributed by atoms with Crippen LogP contribution in [-0.4, -0.2) is 30.1 Å². The van der Waals surface area contributed by atoms with Gasteiger partial charge in [-0.05, 0) is 37.0 Å². The monoisotopic (exact) mass is 268 g/mol. The number of hydrogen-bond donors (Lipinski definition) is 1. The Morgan fingerprint density at radius 2 is 1.74 bits per heavy atom. The van der Waals surface area contributed by atoms with E-state index in [9.17, 15) is 4.79 Å². The van der Waals surface area contributed by atoms with E-state index in [4.69, 9.17) is 14.6 Å². The quantitative estimate of drug-likeness (QED) is 0.833. The SMILES string of the molecule is O=C(O)CCC1(CC2CC2)CCC2(CC1)OCCO2. The first kappa shape index (κ1) is 13.4. The molecule has 1 aliphatic heterocycles. The Balaban J connectivity index is 1.61. The summed E-state index contributed by atoms with van der Waals surface area (Å²) < 4.78 is 11.6. The summed E-state index contributed by atoms with van der Waals surface area (Å²) in [5.74, 6) is -0.131. The van der Waals surface area contributed by atoms with Crippen molar-refractivity contribution in [3.63, 3.8) is 0 Å². The molecular weight excluding hydrogens is 244 g/mol. The minimum atomic E-state index is -0.663. The van der Waals surface area contributed by atoms with E-state index in [0.29, 0.717) is 19.6 Å². The average molecular weight is 268 g/mol. The van der Waals surface area contributed by atoms with Gasteiger partial charge in [0, 0.05) is 19.3 Å². The second-order valence-corrected chi connectivity index (χ2v) is 6.65. The summed E-state index contributed by atoms with van der Waals surface area (Å²) >= 11 is 0. The molecule has 3 aliphatic rings. The smallest absolute Gasteiger partial charge is 0.303 e. The van der Waals surface area contributed by atoms with Crippen LogP contribution >= 0.6 is 0 Å². The largest absolute Gasteiger partial charge is 0.481 e. The molecule has 0 unspecified atom stereocenters. The Hall–Kier alpha value is -0.610. The molecule has 2 aliphatic carbocycles. The molecule has 1 saturated heterocycles. The van der Waals surface area contributed by atoms with Gasteiger partial charge in [-0.15, -0.1) is 0 Å². The average Bonchev–Trinajstić information content (AvgIpc) is 3.09. The van der Waals surface area contributed by atoms with E-state index >= 15 is 0 Å². The lowest BCUT2D eigenvalue weighted by molar-refractivity contribution is -0.193. The summed E-state index contributed by atoms with van der Waals surface area (Å²) in [4.78, 5) is 10.9. The van der Waals surface area contributed by atoms with E-state index in [0.717, 1.165) is 38.0 Å². The van der Waals surface area contributed by atoms with Crippen molar-refractivity contribution in [1.82, 2.24) is 0 Å². The normalized spacial score (nSPS) is 28.6. The van der Waals surface area contributed by atoms with Crippen molar-refractivity contribution in [3.05, 3.63) is 0 Å². The second kappa shape index (κ2) is 5.06. The molecule has 0 radical (unpaired) electrons. The molecule has 4 nitrogen and oxygen atoms in total. The lowest BCUT2D eigenvalue weighted by Crippen LogP contribution is -2.40. The molecule has 0 atom stereocenters. The molecule has 0 bridgehead atoms. The fraction of sp³-hybridized carbons (Fsp3) is 0.933. The van der Waals surface area contributed by atoms with E-state index < -0.39 is 5.97 Å². The fourth-order valence-corrected chi connectivity index (χ4v) is 3.81. The van der Waals surface area contributed by atoms with Crippen LogP contribution in [0.25, 0.3) is 0 Å². The summed E-state index contributed by atoms with van der Waals surface area (Å²) in [6.45, 7) is 1.43. The molecule has 0 aromatic carbocycles. The summed E-state index contributed by atoms with van der Waals surface area (Å²) in [7, 11) is 0. The van der Waals surface area contributed by atoms with Gasteiger partial charge in [-0.2, -0.15) is 0 Å². The van der Waals surface area contributed by atoms with Crippen LogP contribution in [0.4, 0.5) is 0 Å². The van der Waals surface area contributed by atoms with Gasteiger partial charge in [0.05, 0.1) is 13.2 Å². The third-order valence-electron chi connectivity index (χ3n) is 5.17. The third kappa shape index (κ3) is 3.11. The minimum Gasteiger partial charge on any atom is -0.481 e. The zero-order chi connectivity index (χ0) is 13.3. The predicted molar refractivity (Wildman–Crippen MR) is 69.7 cm³/mol. The van der Waals surface area contributed by atoms with Gasteiger partial charge in [-0.25, -0.2) is 0 Å². The number of aliphatic carboxylic acids is 1. The van der Waals surface area contributed by atoms with Gasteiger partial charge >= 0.3 is 5.97 Å². The summed E-state index contributed by atoms with van der Waals surface area (Å²) in [6.07, 6.45) is 9.05. The van der Waals surface area contributed by atoms with Crippen LogP contribution in [0.2, 0.25) is 0 Å². The van der Waals surface area contributed by atoms with Crippen molar-refractivity contribution < 1.29 is 19.4 Å². The van der Waals surface area contributed by atoms with Gasteiger partial charge in [-0.3, -0.25) is 4.79 Å². The number of carbonyl (C=O) groups is 1. The van der Waals surface area contributed by atoms with Gasteiger partial charge in [0.1, 0.15) is 0 Å². The highest BCUT2D eigenvalue weighted by Crippen LogP contribution is 2.53. The maximum atomic E-state index is 10.9. The minimum absolute atomic E-state index is 0.236. The Kier molecular flexibility index (Phi) is 3.56. The van der Waals surface area contributed by atoms with Crippen molar-refractivity contribution in [2.45, 2.75) is 63.6 Å². The molecule has 108 valence electrons. The highest BCUT2D eigenvalue weighted by atomic mass is 16.7. The number of hydrogen-bond acceptors (Lipinski definition) is 3. The molecule has 3 fully saturated rings. The number of carboxylic acids is 1. The highest BCUT2D eigenvalue weighted by molar-refractivity contribution is 5.66. The topological polar surface area (TPSA) is 55.8 Å². The maximum Gasteiger partial charge on any atom is 0.303 e. The van der Waals surface area contributed by atoms with Crippen LogP contribution < -0.4 is 0 Å². The van der Waals surface area contributed by atoms with Crippen LogP contribution in [0.3, 0.4) is 0 Å². The van der Waals surface area contributed by atoms with Crippen molar-refractivity contribution in [1.29, 1.82) is 0 Å². The summed E-state index contributed by atoms with van der Waals surface area (Å²) in [6, 6.07) is 0. The molecule has 0 aromatic rings. The molecule has 2 saturated carbocycles. The fourth-order valence-electron chi connectivity index (χ4n) is 3.81. The third-order valence-corrected chi connectivity index (χ3v) is 5.17. The van der Waals surface area contributed by atoms with Crippen molar-refractivity contribution in [2.75, 3.05) is 13.2 Å². The van der Waals surface area contributed by atoms with Crippen LogP contribution in [0.15, 0.2) is 0 Å². The summed E-state index contributed by atoms with van der Waals surface area (Å²) in [5.41, 5.74) is 0.236. The zero-order valence-electron chi connectivity index (χ0n) is 11.5. The van der Waals surface area contributed by atoms with Crippen LogP contribution in [-0.2, 0) is 14.3 Å². The molecular formula is C15H24O4. The number of carboxylic acid groups (broad SMARTS) is 1. The summed E-state index contributed by atoms with van der Waals surface area (Å²) in [5, 5.41) is 8.96. The number of ether oxygens (including phenoxy) is 2. The Bertz CT molecular complexity index is 332. The maximum absolute atomic E-state index is 10.9. The molecule has 1 N–H and O–H groups in total. The van der Waals surface area contributed by atoms with Crippen molar-refractivity contribution >= 4 is 5.97 Å². The Morgan fingerprint density at radius 1 is 1.11 bits per heavy atom. The van der Waals surface area contributed by atoms with E-state index in [-0.39, 0.29) is 11.2 Å². The van der Waals surface area contributed by atoms with Gasteiger partial charge < -0.3 is 14.6 Å². The Labute approximate surface area is 114 Å².